The third kappa shape index (κ3) is 5.53. The molecular weight excluding hydrogens is 364 g/mol. The minimum Gasteiger partial charge on any atom is -0.489 e. The number of nitrogens with zero attached hydrogens (tertiary/aromatic N) is 2. The van der Waals surface area contributed by atoms with E-state index in [9.17, 15) is 20.2 Å². The molecule has 0 aliphatic heterocycles. The number of hydrogen-bond acceptors (Lipinski definition) is 6. The SMILES string of the molecule is C=CCOc1cc(C=Cc2ccc([N+](=O)[O-])cc2[N+](=O)[O-])cc(OCC=C)c1. The molecule has 2 aromatic carbocycles. The second-order valence-electron chi connectivity index (χ2n) is 5.53. The summed E-state index contributed by atoms with van der Waals surface area (Å²) in [4.78, 5) is 20.7. The lowest BCUT2D eigenvalue weighted by Crippen LogP contribution is -1.97. The molecule has 2 aromatic rings. The van der Waals surface area contributed by atoms with Gasteiger partial charge in [0.25, 0.3) is 11.4 Å². The first-order chi connectivity index (χ1) is 13.4. The molecule has 2 rings (SSSR count). The number of hydrogen-bond donors (Lipinski definition) is 0. The lowest BCUT2D eigenvalue weighted by Gasteiger charge is -2.09. The Balaban J connectivity index is 2.38. The topological polar surface area (TPSA) is 105 Å². The summed E-state index contributed by atoms with van der Waals surface area (Å²) in [6.45, 7) is 7.81. The molecule has 8 nitrogen and oxygen atoms in total. The van der Waals surface area contributed by atoms with Gasteiger partial charge in [-0.1, -0.05) is 31.4 Å². The zero-order valence-electron chi connectivity index (χ0n) is 14.9. The van der Waals surface area contributed by atoms with Crippen molar-refractivity contribution in [2.75, 3.05) is 13.2 Å². The Morgan fingerprint density at radius 1 is 0.857 bits per heavy atom. The first-order valence-corrected chi connectivity index (χ1v) is 8.18. The van der Waals surface area contributed by atoms with Crippen molar-refractivity contribution in [2.24, 2.45) is 0 Å². The van der Waals surface area contributed by atoms with E-state index in [0.717, 1.165) is 6.07 Å². The summed E-state index contributed by atoms with van der Waals surface area (Å²) in [5.41, 5.74) is 0.214. The highest BCUT2D eigenvalue weighted by Crippen LogP contribution is 2.28. The molecule has 28 heavy (non-hydrogen) atoms. The first-order valence-electron chi connectivity index (χ1n) is 8.18. The van der Waals surface area contributed by atoms with E-state index in [-0.39, 0.29) is 16.9 Å². The van der Waals surface area contributed by atoms with Crippen LogP contribution in [0.1, 0.15) is 11.1 Å². The monoisotopic (exact) mass is 382 g/mol. The fourth-order valence-electron chi connectivity index (χ4n) is 2.30. The zero-order valence-corrected chi connectivity index (χ0v) is 14.9. The third-order valence-corrected chi connectivity index (χ3v) is 3.51. The molecule has 0 saturated heterocycles. The highest BCUT2D eigenvalue weighted by molar-refractivity contribution is 5.76. The minimum atomic E-state index is -0.676. The molecule has 8 heteroatoms. The maximum Gasteiger partial charge on any atom is 0.283 e. The van der Waals surface area contributed by atoms with Crippen LogP contribution >= 0.6 is 0 Å². The second kappa shape index (κ2) is 9.67. The van der Waals surface area contributed by atoms with E-state index in [0.29, 0.717) is 30.3 Å². The van der Waals surface area contributed by atoms with Crippen LogP contribution in [-0.2, 0) is 0 Å². The standard InChI is InChI=1S/C20H18N2O6/c1-3-9-27-18-11-15(12-19(14-18)28-10-4-2)5-6-16-7-8-17(21(23)24)13-20(16)22(25)26/h3-8,11-14H,1-2,9-10H2. The Bertz CT molecular complexity index is 906. The molecule has 144 valence electrons. The van der Waals surface area contributed by atoms with Crippen LogP contribution in [0.4, 0.5) is 11.4 Å². The number of benzene rings is 2. The summed E-state index contributed by atoms with van der Waals surface area (Å²) >= 11 is 0. The van der Waals surface area contributed by atoms with Gasteiger partial charge in [0, 0.05) is 12.1 Å². The fourth-order valence-corrected chi connectivity index (χ4v) is 2.30. The molecule has 0 amide bonds. The first kappa shape index (κ1) is 20.4. The van der Waals surface area contributed by atoms with Gasteiger partial charge in [0.15, 0.2) is 0 Å². The molecule has 0 spiro atoms. The molecule has 0 N–H and O–H groups in total. The summed E-state index contributed by atoms with van der Waals surface area (Å²) in [5.74, 6) is 1.08. The van der Waals surface area contributed by atoms with Crippen molar-refractivity contribution < 1.29 is 19.3 Å². The Labute approximate surface area is 161 Å². The predicted molar refractivity (Wildman–Crippen MR) is 107 cm³/mol. The number of nitro benzene ring substituents is 2. The molecular formula is C20H18N2O6. The van der Waals surface area contributed by atoms with E-state index >= 15 is 0 Å². The van der Waals surface area contributed by atoms with Crippen LogP contribution in [-0.4, -0.2) is 23.1 Å². The summed E-state index contributed by atoms with van der Waals surface area (Å²) in [6.07, 6.45) is 6.35. The van der Waals surface area contributed by atoms with E-state index in [2.05, 4.69) is 13.2 Å². The lowest BCUT2D eigenvalue weighted by molar-refractivity contribution is -0.394. The Hall–Kier alpha value is -3.94. The fraction of sp³-hybridized carbons (Fsp3) is 0.100. The van der Waals surface area contributed by atoms with Gasteiger partial charge in [-0.2, -0.15) is 0 Å². The molecule has 0 aliphatic rings. The summed E-state index contributed by atoms with van der Waals surface area (Å²) in [5, 5.41) is 22.1. The predicted octanol–water partition coefficient (Wildman–Crippen LogP) is 4.80. The van der Waals surface area contributed by atoms with E-state index in [1.165, 1.54) is 18.2 Å². The van der Waals surface area contributed by atoms with Crippen molar-refractivity contribution in [3.05, 3.63) is 93.1 Å². The number of nitro groups is 2. The molecule has 0 fully saturated rings. The molecule has 0 heterocycles. The van der Waals surface area contributed by atoms with Crippen molar-refractivity contribution in [2.45, 2.75) is 0 Å². The molecule has 0 radical (unpaired) electrons. The molecule has 0 atom stereocenters. The smallest absolute Gasteiger partial charge is 0.283 e. The lowest BCUT2D eigenvalue weighted by atomic mass is 10.1. The van der Waals surface area contributed by atoms with E-state index < -0.39 is 9.85 Å². The van der Waals surface area contributed by atoms with Crippen LogP contribution in [0.25, 0.3) is 12.2 Å². The maximum atomic E-state index is 11.2. The number of non-ortho nitro benzene ring substituents is 1. The molecule has 0 aliphatic carbocycles. The van der Waals surface area contributed by atoms with Gasteiger partial charge < -0.3 is 9.47 Å². The van der Waals surface area contributed by atoms with Gasteiger partial charge in [0.2, 0.25) is 0 Å². The van der Waals surface area contributed by atoms with Gasteiger partial charge >= 0.3 is 0 Å². The van der Waals surface area contributed by atoms with Crippen LogP contribution in [0.3, 0.4) is 0 Å². The van der Waals surface area contributed by atoms with Gasteiger partial charge in [0.05, 0.1) is 21.5 Å². The normalized spacial score (nSPS) is 10.4. The zero-order chi connectivity index (χ0) is 20.5. The van der Waals surface area contributed by atoms with E-state index in [4.69, 9.17) is 9.47 Å². The Morgan fingerprint density at radius 3 is 1.96 bits per heavy atom. The Kier molecular flexibility index (Phi) is 7.04. The highest BCUT2D eigenvalue weighted by atomic mass is 16.6. The van der Waals surface area contributed by atoms with Gasteiger partial charge in [-0.05, 0) is 29.8 Å². The van der Waals surface area contributed by atoms with Crippen molar-refractivity contribution in [3.63, 3.8) is 0 Å². The van der Waals surface area contributed by atoms with Crippen LogP contribution in [0.5, 0.6) is 11.5 Å². The minimum absolute atomic E-state index is 0.238. The average Bonchev–Trinajstić information content (AvgIpc) is 2.68. The van der Waals surface area contributed by atoms with Gasteiger partial charge in [-0.25, -0.2) is 0 Å². The van der Waals surface area contributed by atoms with E-state index in [1.54, 1.807) is 36.4 Å². The maximum absolute atomic E-state index is 11.2. The average molecular weight is 382 g/mol. The molecule has 0 bridgehead atoms. The third-order valence-electron chi connectivity index (χ3n) is 3.51. The Morgan fingerprint density at radius 2 is 1.46 bits per heavy atom. The van der Waals surface area contributed by atoms with Crippen LogP contribution in [0, 0.1) is 20.2 Å². The van der Waals surface area contributed by atoms with Gasteiger partial charge in [0.1, 0.15) is 24.7 Å². The summed E-state index contributed by atoms with van der Waals surface area (Å²) in [7, 11) is 0. The highest BCUT2D eigenvalue weighted by Gasteiger charge is 2.17. The largest absolute Gasteiger partial charge is 0.489 e. The van der Waals surface area contributed by atoms with Crippen molar-refractivity contribution in [1.82, 2.24) is 0 Å². The molecule has 0 saturated carbocycles. The van der Waals surface area contributed by atoms with Crippen LogP contribution < -0.4 is 9.47 Å². The quantitative estimate of drug-likeness (QED) is 0.253. The summed E-state index contributed by atoms with van der Waals surface area (Å²) in [6, 6.07) is 8.66. The number of ether oxygens (including phenoxy) is 2. The van der Waals surface area contributed by atoms with Crippen molar-refractivity contribution in [1.29, 1.82) is 0 Å². The van der Waals surface area contributed by atoms with Crippen molar-refractivity contribution in [3.8, 4) is 11.5 Å². The second-order valence-corrected chi connectivity index (χ2v) is 5.53. The molecule has 0 aromatic heterocycles. The van der Waals surface area contributed by atoms with E-state index in [1.807, 2.05) is 0 Å². The van der Waals surface area contributed by atoms with Crippen LogP contribution in [0.15, 0.2) is 61.7 Å². The van der Waals surface area contributed by atoms with Gasteiger partial charge in [-0.3, -0.25) is 20.2 Å². The number of rotatable bonds is 10. The van der Waals surface area contributed by atoms with Crippen LogP contribution in [0.2, 0.25) is 0 Å². The van der Waals surface area contributed by atoms with Crippen molar-refractivity contribution >= 4 is 23.5 Å². The molecule has 0 unspecified atom stereocenters. The van der Waals surface area contributed by atoms with Gasteiger partial charge in [-0.15, -0.1) is 0 Å². The summed E-state index contributed by atoms with van der Waals surface area (Å²) < 4.78 is 11.1.